The molecule has 5 atom stereocenters. The normalized spacial score (nSPS) is 49.6. The topological polar surface area (TPSA) is 0 Å². The van der Waals surface area contributed by atoms with Gasteiger partial charge in [0, 0.05) is 0 Å². The van der Waals surface area contributed by atoms with Gasteiger partial charge in [-0.15, -0.1) is 0 Å². The number of hydrogen-bond donors (Lipinski definition) is 0. The quantitative estimate of drug-likeness (QED) is 0.499. The molecule has 3 aliphatic carbocycles. The summed E-state index contributed by atoms with van der Waals surface area (Å²) in [7, 11) is 0. The maximum absolute atomic E-state index is 2.56. The highest BCUT2D eigenvalue weighted by atomic mass is 15.2. The minimum Gasteiger partial charge on any atom is -0.0654 e. The van der Waals surface area contributed by atoms with Gasteiger partial charge in [-0.3, -0.25) is 0 Å². The molecular formula is C19H34. The maximum Gasteiger partial charge on any atom is -0.0108 e. The third-order valence-electron chi connectivity index (χ3n) is 7.91. The Labute approximate surface area is 120 Å². The minimum absolute atomic E-state index is 0.588. The van der Waals surface area contributed by atoms with Crippen LogP contribution in [0.15, 0.2) is 0 Å². The van der Waals surface area contributed by atoms with Crippen LogP contribution in [0.2, 0.25) is 0 Å². The van der Waals surface area contributed by atoms with E-state index in [0.717, 1.165) is 28.1 Å². The van der Waals surface area contributed by atoms with E-state index in [2.05, 4.69) is 41.5 Å². The lowest BCUT2D eigenvalue weighted by Gasteiger charge is -2.26. The van der Waals surface area contributed by atoms with Crippen LogP contribution < -0.4 is 0 Å². The average Bonchev–Trinajstić information content (AvgIpc) is 3.26. The molecule has 19 heavy (non-hydrogen) atoms. The van der Waals surface area contributed by atoms with Gasteiger partial charge in [-0.25, -0.2) is 0 Å². The minimum atomic E-state index is 0.588. The number of hydrogen-bond acceptors (Lipinski definition) is 0. The SMILES string of the molecule is CCCCC(C)(C)CCCC12C(C)C13C2C3(C)CC. The summed E-state index contributed by atoms with van der Waals surface area (Å²) in [5, 5.41) is 0. The van der Waals surface area contributed by atoms with E-state index in [-0.39, 0.29) is 0 Å². The summed E-state index contributed by atoms with van der Waals surface area (Å²) < 4.78 is 0. The lowest BCUT2D eigenvalue weighted by molar-refractivity contribution is 0.245. The van der Waals surface area contributed by atoms with Gasteiger partial charge in [-0.1, -0.05) is 60.8 Å². The molecule has 0 heterocycles. The van der Waals surface area contributed by atoms with Crippen molar-refractivity contribution in [3.63, 3.8) is 0 Å². The Bertz CT molecular complexity index is 381. The molecule has 0 radical (unpaired) electrons. The van der Waals surface area contributed by atoms with E-state index in [1.54, 1.807) is 6.42 Å². The van der Waals surface area contributed by atoms with E-state index in [9.17, 15) is 0 Å². The molecule has 0 saturated heterocycles. The van der Waals surface area contributed by atoms with Crippen LogP contribution in [-0.4, -0.2) is 0 Å². The molecule has 0 aromatic heterocycles. The van der Waals surface area contributed by atoms with Crippen molar-refractivity contribution in [2.45, 2.75) is 86.5 Å². The first-order valence-electron chi connectivity index (χ1n) is 8.85. The molecule has 0 aromatic rings. The van der Waals surface area contributed by atoms with Crippen molar-refractivity contribution in [3.8, 4) is 0 Å². The molecule has 0 nitrogen and oxygen atoms in total. The number of unbranched alkanes of at least 4 members (excludes halogenated alkanes) is 1. The molecule has 3 fully saturated rings. The zero-order valence-corrected chi connectivity index (χ0v) is 14.1. The van der Waals surface area contributed by atoms with E-state index in [1.807, 2.05) is 0 Å². The lowest BCUT2D eigenvalue weighted by Crippen LogP contribution is -2.16. The Kier molecular flexibility index (Phi) is 2.79. The van der Waals surface area contributed by atoms with Crippen LogP contribution in [0.4, 0.5) is 0 Å². The molecule has 0 N–H and O–H groups in total. The molecule has 1 spiro atoms. The van der Waals surface area contributed by atoms with E-state index < -0.39 is 0 Å². The first-order chi connectivity index (χ1) is 8.85. The predicted octanol–water partition coefficient (Wildman–Crippen LogP) is 6.06. The smallest absolute Gasteiger partial charge is 0.0108 e. The van der Waals surface area contributed by atoms with Crippen LogP contribution in [0.5, 0.6) is 0 Å². The van der Waals surface area contributed by atoms with Gasteiger partial charge < -0.3 is 0 Å². The van der Waals surface area contributed by atoms with Crippen molar-refractivity contribution in [2.24, 2.45) is 33.5 Å². The van der Waals surface area contributed by atoms with Gasteiger partial charge in [-0.2, -0.15) is 0 Å². The Balaban J connectivity index is 1.45. The summed E-state index contributed by atoms with van der Waals surface area (Å²) in [5.41, 5.74) is 3.08. The van der Waals surface area contributed by atoms with Crippen LogP contribution in [0.3, 0.4) is 0 Å². The van der Waals surface area contributed by atoms with Gasteiger partial charge in [0.15, 0.2) is 0 Å². The first kappa shape index (κ1) is 14.0. The molecule has 0 heteroatoms. The van der Waals surface area contributed by atoms with E-state index in [0.29, 0.717) is 5.41 Å². The van der Waals surface area contributed by atoms with Crippen molar-refractivity contribution in [3.05, 3.63) is 0 Å². The van der Waals surface area contributed by atoms with Gasteiger partial charge in [0.2, 0.25) is 0 Å². The van der Waals surface area contributed by atoms with Crippen molar-refractivity contribution in [1.82, 2.24) is 0 Å². The molecule has 0 bridgehead atoms. The molecular weight excluding hydrogens is 228 g/mol. The Morgan fingerprint density at radius 2 is 1.68 bits per heavy atom. The van der Waals surface area contributed by atoms with Gasteiger partial charge >= 0.3 is 0 Å². The number of rotatable bonds is 8. The highest BCUT2D eigenvalue weighted by Crippen LogP contribution is 3.17. The van der Waals surface area contributed by atoms with E-state index in [1.165, 1.54) is 38.5 Å². The summed E-state index contributed by atoms with van der Waals surface area (Å²) in [6, 6.07) is 0. The fourth-order valence-electron chi connectivity index (χ4n) is 6.71. The second-order valence-electron chi connectivity index (χ2n) is 8.96. The fraction of sp³-hybridized carbons (Fsp3) is 1.00. The lowest BCUT2D eigenvalue weighted by atomic mass is 9.79. The molecule has 110 valence electrons. The average molecular weight is 262 g/mol. The van der Waals surface area contributed by atoms with Crippen LogP contribution in [0.1, 0.15) is 86.5 Å². The summed E-state index contributed by atoms with van der Waals surface area (Å²) in [5.74, 6) is 2.21. The van der Waals surface area contributed by atoms with Crippen molar-refractivity contribution >= 4 is 0 Å². The monoisotopic (exact) mass is 262 g/mol. The van der Waals surface area contributed by atoms with Gasteiger partial charge in [-0.05, 0) is 59.2 Å². The highest BCUT2D eigenvalue weighted by molar-refractivity contribution is 5.59. The molecule has 0 aliphatic heterocycles. The number of fused-ring (bicyclic) bond motifs is 1. The predicted molar refractivity (Wildman–Crippen MR) is 83.1 cm³/mol. The molecule has 5 unspecified atom stereocenters. The largest absolute Gasteiger partial charge is 0.0654 e. The third-order valence-corrected chi connectivity index (χ3v) is 7.91. The molecule has 3 rings (SSSR count). The first-order valence-corrected chi connectivity index (χ1v) is 8.85. The maximum atomic E-state index is 2.56. The fourth-order valence-corrected chi connectivity index (χ4v) is 6.71. The molecule has 0 aromatic carbocycles. The van der Waals surface area contributed by atoms with Gasteiger partial charge in [0.1, 0.15) is 0 Å². The zero-order chi connectivity index (χ0) is 14.1. The van der Waals surface area contributed by atoms with E-state index >= 15 is 0 Å². The molecule has 3 aliphatic rings. The summed E-state index contributed by atoms with van der Waals surface area (Å²) in [4.78, 5) is 0. The second-order valence-corrected chi connectivity index (χ2v) is 8.96. The zero-order valence-electron chi connectivity index (χ0n) is 14.1. The summed E-state index contributed by atoms with van der Waals surface area (Å²) in [6.45, 7) is 14.8. The van der Waals surface area contributed by atoms with Gasteiger partial charge in [0.25, 0.3) is 0 Å². The Morgan fingerprint density at radius 1 is 1.05 bits per heavy atom. The Hall–Kier alpha value is 0. The Morgan fingerprint density at radius 3 is 2.21 bits per heavy atom. The summed E-state index contributed by atoms with van der Waals surface area (Å²) >= 11 is 0. The van der Waals surface area contributed by atoms with Gasteiger partial charge in [0.05, 0.1) is 0 Å². The second kappa shape index (κ2) is 3.80. The molecule has 0 amide bonds. The molecule has 3 saturated carbocycles. The van der Waals surface area contributed by atoms with Crippen LogP contribution in [0, 0.1) is 33.5 Å². The standard InChI is InChI=1S/C19H34/c1-7-9-11-16(4,5)12-10-13-18-14(3)19(18)15(18)17(19,6)8-2/h14-15H,7-13H2,1-6H3. The van der Waals surface area contributed by atoms with Crippen LogP contribution in [-0.2, 0) is 0 Å². The van der Waals surface area contributed by atoms with Crippen LogP contribution in [0.25, 0.3) is 0 Å². The third kappa shape index (κ3) is 1.37. The highest BCUT2D eigenvalue weighted by Gasteiger charge is 3.13. The van der Waals surface area contributed by atoms with Crippen molar-refractivity contribution in [2.75, 3.05) is 0 Å². The summed E-state index contributed by atoms with van der Waals surface area (Å²) in [6.07, 6.45) is 10.1. The van der Waals surface area contributed by atoms with E-state index in [4.69, 9.17) is 0 Å². The van der Waals surface area contributed by atoms with Crippen LogP contribution >= 0.6 is 0 Å². The van der Waals surface area contributed by atoms with Crippen molar-refractivity contribution in [1.29, 1.82) is 0 Å². The van der Waals surface area contributed by atoms with Crippen molar-refractivity contribution < 1.29 is 0 Å².